The van der Waals surface area contributed by atoms with Crippen molar-refractivity contribution >= 4 is 0 Å². The third kappa shape index (κ3) is 3.02. The fourth-order valence-corrected chi connectivity index (χ4v) is 0.671. The average molecular weight is 182 g/mol. The monoisotopic (exact) mass is 182 g/mol. The highest BCUT2D eigenvalue weighted by Crippen LogP contribution is 2.03. The SMILES string of the molecule is OC[C@H](O)[C@@H](O)[C@H](O)[C@@H](O)CO. The van der Waals surface area contributed by atoms with Crippen LogP contribution >= 0.6 is 0 Å². The lowest BCUT2D eigenvalue weighted by Gasteiger charge is -2.24. The van der Waals surface area contributed by atoms with E-state index in [1.807, 2.05) is 0 Å². The third-order valence-corrected chi connectivity index (χ3v) is 1.51. The highest BCUT2D eigenvalue weighted by atomic mass is 16.4. The summed E-state index contributed by atoms with van der Waals surface area (Å²) in [6.07, 6.45) is -6.39. The van der Waals surface area contributed by atoms with Crippen LogP contribution in [-0.4, -0.2) is 68.3 Å². The topological polar surface area (TPSA) is 121 Å². The second-order valence-electron chi connectivity index (χ2n) is 2.48. The van der Waals surface area contributed by atoms with Crippen molar-refractivity contribution in [3.63, 3.8) is 0 Å². The second kappa shape index (κ2) is 5.41. The van der Waals surface area contributed by atoms with Crippen molar-refractivity contribution in [1.82, 2.24) is 0 Å². The van der Waals surface area contributed by atoms with Gasteiger partial charge < -0.3 is 30.6 Å². The van der Waals surface area contributed by atoms with Gasteiger partial charge in [-0.3, -0.25) is 0 Å². The highest BCUT2D eigenvalue weighted by Gasteiger charge is 2.29. The summed E-state index contributed by atoms with van der Waals surface area (Å²) in [5.74, 6) is 0. The van der Waals surface area contributed by atoms with Gasteiger partial charge in [-0.05, 0) is 0 Å². The zero-order chi connectivity index (χ0) is 9.72. The maximum atomic E-state index is 8.96. The summed E-state index contributed by atoms with van der Waals surface area (Å²) in [7, 11) is 0. The van der Waals surface area contributed by atoms with Crippen LogP contribution in [0.25, 0.3) is 0 Å². The van der Waals surface area contributed by atoms with Gasteiger partial charge >= 0.3 is 0 Å². The quantitative estimate of drug-likeness (QED) is 0.261. The molecule has 74 valence electrons. The Hall–Kier alpha value is -0.240. The summed E-state index contributed by atoms with van der Waals surface area (Å²) in [6, 6.07) is 0. The Bertz CT molecular complexity index is 105. The Kier molecular flexibility index (Phi) is 5.31. The molecule has 0 rings (SSSR count). The van der Waals surface area contributed by atoms with Crippen LogP contribution in [0.1, 0.15) is 0 Å². The summed E-state index contributed by atoms with van der Waals surface area (Å²) in [5.41, 5.74) is 0. The molecule has 0 aromatic carbocycles. The van der Waals surface area contributed by atoms with Crippen LogP contribution in [0.4, 0.5) is 0 Å². The van der Waals surface area contributed by atoms with Crippen LogP contribution in [0.3, 0.4) is 0 Å². The minimum atomic E-state index is -1.67. The number of hydrogen-bond donors (Lipinski definition) is 6. The number of aliphatic hydroxyl groups excluding tert-OH is 6. The summed E-state index contributed by atoms with van der Waals surface area (Å²) in [6.45, 7) is -1.45. The zero-order valence-corrected chi connectivity index (χ0v) is 6.41. The molecule has 0 aliphatic heterocycles. The van der Waals surface area contributed by atoms with E-state index in [9.17, 15) is 0 Å². The fraction of sp³-hybridized carbons (Fsp3) is 1.00. The first-order valence-corrected chi connectivity index (χ1v) is 3.48. The van der Waals surface area contributed by atoms with Gasteiger partial charge in [-0.15, -0.1) is 0 Å². The van der Waals surface area contributed by atoms with E-state index < -0.39 is 37.6 Å². The molecule has 0 fully saturated rings. The van der Waals surface area contributed by atoms with Crippen LogP contribution in [0.2, 0.25) is 0 Å². The Labute approximate surface area is 69.3 Å². The van der Waals surface area contributed by atoms with Crippen molar-refractivity contribution in [3.05, 3.63) is 0 Å². The lowest BCUT2D eigenvalue weighted by molar-refractivity contribution is -0.123. The second-order valence-corrected chi connectivity index (χ2v) is 2.48. The van der Waals surface area contributed by atoms with Gasteiger partial charge in [0.2, 0.25) is 0 Å². The van der Waals surface area contributed by atoms with Crippen LogP contribution in [0.15, 0.2) is 0 Å². The molecule has 0 bridgehead atoms. The van der Waals surface area contributed by atoms with E-state index >= 15 is 0 Å². The van der Waals surface area contributed by atoms with E-state index in [-0.39, 0.29) is 0 Å². The molecule has 0 aliphatic carbocycles. The number of aliphatic hydroxyl groups is 6. The van der Waals surface area contributed by atoms with Crippen molar-refractivity contribution in [2.45, 2.75) is 24.4 Å². The predicted octanol–water partition coefficient (Wildman–Crippen LogP) is -3.59. The first-order valence-electron chi connectivity index (χ1n) is 3.48. The van der Waals surface area contributed by atoms with Crippen molar-refractivity contribution < 1.29 is 30.6 Å². The molecule has 0 aromatic rings. The maximum Gasteiger partial charge on any atom is 0.111 e. The molecule has 0 aromatic heterocycles. The van der Waals surface area contributed by atoms with E-state index in [4.69, 9.17) is 30.6 Å². The van der Waals surface area contributed by atoms with E-state index in [0.717, 1.165) is 0 Å². The molecule has 0 unspecified atom stereocenters. The van der Waals surface area contributed by atoms with Gasteiger partial charge in [0.15, 0.2) is 0 Å². The molecule has 0 radical (unpaired) electrons. The molecule has 0 heterocycles. The molecule has 12 heavy (non-hydrogen) atoms. The molecule has 0 spiro atoms. The van der Waals surface area contributed by atoms with Crippen LogP contribution in [0, 0.1) is 0 Å². The first kappa shape index (κ1) is 11.8. The van der Waals surface area contributed by atoms with Crippen LogP contribution < -0.4 is 0 Å². The largest absolute Gasteiger partial charge is 0.394 e. The van der Waals surface area contributed by atoms with Gasteiger partial charge in [0.25, 0.3) is 0 Å². The molecule has 6 N–H and O–H groups in total. The normalized spacial score (nSPS) is 21.5. The minimum absolute atomic E-state index is 0.726. The van der Waals surface area contributed by atoms with E-state index in [1.54, 1.807) is 0 Å². The molecule has 4 atom stereocenters. The first-order chi connectivity index (χ1) is 5.54. The maximum absolute atomic E-state index is 8.96. The van der Waals surface area contributed by atoms with Gasteiger partial charge in [0.05, 0.1) is 13.2 Å². The van der Waals surface area contributed by atoms with Crippen molar-refractivity contribution in [3.8, 4) is 0 Å². The molecular formula is C6H14O6. The van der Waals surface area contributed by atoms with Gasteiger partial charge in [0.1, 0.15) is 24.4 Å². The minimum Gasteiger partial charge on any atom is -0.394 e. The summed E-state index contributed by atoms with van der Waals surface area (Å²) >= 11 is 0. The van der Waals surface area contributed by atoms with Crippen molar-refractivity contribution in [1.29, 1.82) is 0 Å². The Balaban J connectivity index is 3.99. The van der Waals surface area contributed by atoms with Crippen molar-refractivity contribution in [2.75, 3.05) is 13.2 Å². The molecule has 6 nitrogen and oxygen atoms in total. The third-order valence-electron chi connectivity index (χ3n) is 1.51. The molecule has 0 saturated carbocycles. The van der Waals surface area contributed by atoms with Gasteiger partial charge in [0, 0.05) is 0 Å². The zero-order valence-electron chi connectivity index (χ0n) is 6.41. The van der Waals surface area contributed by atoms with Crippen molar-refractivity contribution in [2.24, 2.45) is 0 Å². The van der Waals surface area contributed by atoms with Gasteiger partial charge in [-0.2, -0.15) is 0 Å². The lowest BCUT2D eigenvalue weighted by atomic mass is 10.0. The molecule has 6 heteroatoms. The number of hydrogen-bond acceptors (Lipinski definition) is 6. The van der Waals surface area contributed by atoms with E-state index in [0.29, 0.717) is 0 Å². The molecule has 0 amide bonds. The van der Waals surface area contributed by atoms with Gasteiger partial charge in [-0.25, -0.2) is 0 Å². The Morgan fingerprint density at radius 1 is 0.667 bits per heavy atom. The molecule has 0 saturated heterocycles. The smallest absolute Gasteiger partial charge is 0.111 e. The average Bonchev–Trinajstić information content (AvgIpc) is 2.12. The highest BCUT2D eigenvalue weighted by molar-refractivity contribution is 4.79. The molecule has 0 aliphatic rings. The van der Waals surface area contributed by atoms with E-state index in [1.165, 1.54) is 0 Å². The molecular weight excluding hydrogens is 168 g/mol. The summed E-state index contributed by atoms with van der Waals surface area (Å²) in [5, 5.41) is 52.2. The lowest BCUT2D eigenvalue weighted by Crippen LogP contribution is -2.46. The van der Waals surface area contributed by atoms with E-state index in [2.05, 4.69) is 0 Å². The summed E-state index contributed by atoms with van der Waals surface area (Å²) < 4.78 is 0. The Morgan fingerprint density at radius 2 is 0.917 bits per heavy atom. The summed E-state index contributed by atoms with van der Waals surface area (Å²) in [4.78, 5) is 0. The standard InChI is InChI=1S/C6H14O6/c7-1-3(9)5(11)6(12)4(10)2-8/h3-12H,1-2H2/t3-,4-,5+,6+/m0/s1. The van der Waals surface area contributed by atoms with Crippen LogP contribution in [-0.2, 0) is 0 Å². The fourth-order valence-electron chi connectivity index (χ4n) is 0.671. The Morgan fingerprint density at radius 3 is 1.08 bits per heavy atom. The van der Waals surface area contributed by atoms with Crippen LogP contribution in [0.5, 0.6) is 0 Å². The van der Waals surface area contributed by atoms with Gasteiger partial charge in [-0.1, -0.05) is 0 Å². The number of rotatable bonds is 5. The predicted molar refractivity (Wildman–Crippen MR) is 38.2 cm³/mol.